The monoisotopic (exact) mass is 1030 g/mol. The smallest absolute Gasteiger partial charge is 0.416 e. The van der Waals surface area contributed by atoms with Crippen molar-refractivity contribution in [1.29, 1.82) is 0 Å². The number of alkyl halides is 3. The molecule has 5 heterocycles. The fourth-order valence-corrected chi connectivity index (χ4v) is 10.6. The Morgan fingerprint density at radius 2 is 1.62 bits per heavy atom. The minimum atomic E-state index is -4.78. The zero-order valence-electron chi connectivity index (χ0n) is 40.6. The number of sulfonamides is 1. The summed E-state index contributed by atoms with van der Waals surface area (Å²) in [6.07, 6.45) is -1.19. The second-order valence-electron chi connectivity index (χ2n) is 18.5. The standard InChI is InChI=1S/C50H54F3N11O8S/c1-6-72-43-24-32(13-14-38(43)55-48-54-27-40-45(56-48)64(73(5,70)71)39-10-8-7-9-34(39)47(68)59(40)4)61-17-15-30(16-18-61)46(67)62-21-19-60(20-22-62)28-31-11-12-33(23-37(31)50(51,52)53)63-44(57-58-49(63)69)36-25-35(29(2)3)41(65)26-42(36)66/h7-14,23-27,29-30,65-66H,6,15-22,28H2,1-5H3,(H,58,69)(H,54,55,56). The maximum absolute atomic E-state index is 14.7. The third-order valence-electron chi connectivity index (χ3n) is 13.4. The van der Waals surface area contributed by atoms with Gasteiger partial charge in [-0.3, -0.25) is 14.5 Å². The summed E-state index contributed by atoms with van der Waals surface area (Å²) in [4.78, 5) is 56.4. The van der Waals surface area contributed by atoms with Gasteiger partial charge in [0, 0.05) is 76.6 Å². The highest BCUT2D eigenvalue weighted by atomic mass is 32.2. The first-order chi connectivity index (χ1) is 34.7. The van der Waals surface area contributed by atoms with Gasteiger partial charge in [-0.05, 0) is 79.3 Å². The number of aromatic amines is 1. The number of piperidine rings is 1. The summed E-state index contributed by atoms with van der Waals surface area (Å²) in [6.45, 7) is 8.30. The van der Waals surface area contributed by atoms with Gasteiger partial charge in [-0.15, -0.1) is 0 Å². The largest absolute Gasteiger partial charge is 0.508 e. The number of rotatable bonds is 12. The Balaban J connectivity index is 0.834. The lowest BCUT2D eigenvalue weighted by atomic mass is 9.94. The summed E-state index contributed by atoms with van der Waals surface area (Å²) in [5, 5.41) is 30.5. The zero-order valence-corrected chi connectivity index (χ0v) is 41.5. The number of phenols is 2. The number of hydrogen-bond acceptors (Lipinski definition) is 14. The van der Waals surface area contributed by atoms with Crippen LogP contribution in [0.25, 0.3) is 17.1 Å². The highest BCUT2D eigenvalue weighted by molar-refractivity contribution is 7.92. The molecule has 3 aliphatic rings. The molecule has 19 nitrogen and oxygen atoms in total. The number of phenolic OH excluding ortho intramolecular Hbond substituents is 2. The van der Waals surface area contributed by atoms with E-state index in [0.717, 1.165) is 32.9 Å². The van der Waals surface area contributed by atoms with Crippen LogP contribution in [0.3, 0.4) is 0 Å². The van der Waals surface area contributed by atoms with Crippen LogP contribution >= 0.6 is 0 Å². The van der Waals surface area contributed by atoms with Crippen LogP contribution in [-0.4, -0.2) is 124 Å². The number of halogens is 3. The number of amides is 2. The van der Waals surface area contributed by atoms with Crippen LogP contribution in [-0.2, 0) is 27.5 Å². The van der Waals surface area contributed by atoms with Gasteiger partial charge in [-0.2, -0.15) is 23.3 Å². The molecule has 0 radical (unpaired) electrons. The van der Waals surface area contributed by atoms with Gasteiger partial charge < -0.3 is 35.0 Å². The van der Waals surface area contributed by atoms with Crippen LogP contribution in [0.15, 0.2) is 83.8 Å². The van der Waals surface area contributed by atoms with E-state index < -0.39 is 39.1 Å². The lowest BCUT2D eigenvalue weighted by molar-refractivity contribution is -0.138. The third-order valence-corrected chi connectivity index (χ3v) is 14.5. The van der Waals surface area contributed by atoms with Crippen molar-refractivity contribution in [2.75, 3.05) is 78.6 Å². The van der Waals surface area contributed by atoms with Crippen LogP contribution < -0.4 is 29.8 Å². The lowest BCUT2D eigenvalue weighted by Crippen LogP contribution is -2.51. The molecule has 4 aromatic carbocycles. The number of nitrogens with one attached hydrogen (secondary N) is 2. The van der Waals surface area contributed by atoms with Crippen LogP contribution in [0, 0.1) is 5.92 Å². The molecule has 23 heteroatoms. The molecule has 6 aromatic rings. The van der Waals surface area contributed by atoms with Crippen LogP contribution in [0.5, 0.6) is 17.2 Å². The molecule has 384 valence electrons. The topological polar surface area (TPSA) is 223 Å². The number of carbonyl (C=O) groups is 2. The predicted octanol–water partition coefficient (Wildman–Crippen LogP) is 6.96. The van der Waals surface area contributed by atoms with Crippen LogP contribution in [0.1, 0.15) is 66.6 Å². The van der Waals surface area contributed by atoms with Gasteiger partial charge in [-0.1, -0.05) is 32.0 Å². The summed E-state index contributed by atoms with van der Waals surface area (Å²) in [7, 11) is -2.44. The molecule has 73 heavy (non-hydrogen) atoms. The van der Waals surface area contributed by atoms with Crippen LogP contribution in [0.2, 0.25) is 0 Å². The number of aromatic hydroxyl groups is 2. The molecule has 0 bridgehead atoms. The molecule has 9 rings (SSSR count). The molecule has 4 N–H and O–H groups in total. The SMILES string of the molecule is CCOc1cc(N2CCC(C(=O)N3CCN(Cc4ccc(-n5c(-c6cc(C(C)C)c(O)cc6O)n[nH]c5=O)cc4C(F)(F)F)CC3)CC2)ccc1Nc1ncc2c(n1)N(S(C)(=O)=O)c1ccccc1C(=O)N2C. The van der Waals surface area contributed by atoms with Gasteiger partial charge in [-0.25, -0.2) is 32.2 Å². The van der Waals surface area contributed by atoms with Gasteiger partial charge >= 0.3 is 11.9 Å². The first-order valence-electron chi connectivity index (χ1n) is 23.7. The number of fused-ring (bicyclic) bond motifs is 2. The fraction of sp³-hybridized carbons (Fsp3) is 0.360. The van der Waals surface area contributed by atoms with Gasteiger partial charge in [0.05, 0.1) is 52.8 Å². The second kappa shape index (κ2) is 19.7. The van der Waals surface area contributed by atoms with Gasteiger partial charge in [0.15, 0.2) is 11.6 Å². The molecule has 0 atom stereocenters. The number of H-pyrrole nitrogens is 1. The summed E-state index contributed by atoms with van der Waals surface area (Å²) in [6, 6.07) is 18.2. The molecule has 0 saturated carbocycles. The molecule has 0 unspecified atom stereocenters. The molecule has 0 spiro atoms. The first-order valence-corrected chi connectivity index (χ1v) is 25.5. The molecule has 2 fully saturated rings. The van der Waals surface area contributed by atoms with Gasteiger partial charge in [0.25, 0.3) is 5.91 Å². The second-order valence-corrected chi connectivity index (χ2v) is 20.4. The van der Waals surface area contributed by atoms with Crippen molar-refractivity contribution in [2.24, 2.45) is 5.92 Å². The van der Waals surface area contributed by atoms with E-state index in [9.17, 15) is 46.2 Å². The summed E-state index contributed by atoms with van der Waals surface area (Å²) in [5.41, 5.74) is 0.552. The van der Waals surface area contributed by atoms with E-state index >= 15 is 0 Å². The Labute approximate surface area is 418 Å². The Bertz CT molecular complexity index is 3280. The number of piperazine rings is 1. The molecule has 2 amide bonds. The zero-order chi connectivity index (χ0) is 52.1. The Morgan fingerprint density at radius 3 is 2.30 bits per heavy atom. The number of benzene rings is 4. The van der Waals surface area contributed by atoms with Crippen LogP contribution in [0.4, 0.5) is 47.7 Å². The highest BCUT2D eigenvalue weighted by Crippen LogP contribution is 2.43. The number of hydrogen-bond donors (Lipinski definition) is 4. The maximum atomic E-state index is 14.7. The molecule has 0 aliphatic carbocycles. The van der Waals surface area contributed by atoms with Crippen molar-refractivity contribution >= 4 is 56.4 Å². The highest BCUT2D eigenvalue weighted by Gasteiger charge is 2.38. The maximum Gasteiger partial charge on any atom is 0.416 e. The third kappa shape index (κ3) is 9.97. The number of nitrogens with zero attached hydrogens (tertiary/aromatic N) is 9. The summed E-state index contributed by atoms with van der Waals surface area (Å²) >= 11 is 0. The number of para-hydroxylation sites is 1. The van der Waals surface area contributed by atoms with Crippen molar-refractivity contribution in [3.05, 3.63) is 112 Å². The number of anilines is 6. The van der Waals surface area contributed by atoms with E-state index in [1.165, 1.54) is 36.3 Å². The normalized spacial score (nSPS) is 15.9. The number of carbonyl (C=O) groups excluding carboxylic acids is 2. The number of aromatic nitrogens is 5. The number of ether oxygens (including phenoxy) is 1. The minimum Gasteiger partial charge on any atom is -0.508 e. The molecular weight excluding hydrogens is 972 g/mol. The molecule has 2 aromatic heterocycles. The molecule has 2 saturated heterocycles. The van der Waals surface area contributed by atoms with E-state index in [2.05, 4.69) is 30.4 Å². The average Bonchev–Trinajstić information content (AvgIpc) is 3.70. The van der Waals surface area contributed by atoms with Gasteiger partial charge in [0.2, 0.25) is 21.9 Å². The van der Waals surface area contributed by atoms with Gasteiger partial charge in [0.1, 0.15) is 22.9 Å². The average molecular weight is 1030 g/mol. The fourth-order valence-electron chi connectivity index (χ4n) is 9.66. The van der Waals surface area contributed by atoms with E-state index in [0.29, 0.717) is 75.7 Å². The molecular formula is C50H54F3N11O8S. The predicted molar refractivity (Wildman–Crippen MR) is 268 cm³/mol. The van der Waals surface area contributed by atoms with Crippen molar-refractivity contribution in [2.45, 2.75) is 52.3 Å². The van der Waals surface area contributed by atoms with Crippen molar-refractivity contribution in [1.82, 2.24) is 34.5 Å². The summed E-state index contributed by atoms with van der Waals surface area (Å²) in [5.74, 6) is -0.983. The lowest BCUT2D eigenvalue weighted by Gasteiger charge is -2.39. The van der Waals surface area contributed by atoms with Crippen molar-refractivity contribution in [3.8, 4) is 34.3 Å². The molecule has 3 aliphatic heterocycles. The van der Waals surface area contributed by atoms with Crippen molar-refractivity contribution < 1.29 is 46.1 Å². The quantitative estimate of drug-likeness (QED) is 0.0974. The first kappa shape index (κ1) is 50.3. The Hall–Kier alpha value is -7.66. The van der Waals surface area contributed by atoms with E-state index in [1.807, 2.05) is 43.9 Å². The minimum absolute atomic E-state index is 0.00455. The van der Waals surface area contributed by atoms with E-state index in [1.54, 1.807) is 29.2 Å². The Morgan fingerprint density at radius 1 is 0.904 bits per heavy atom. The van der Waals surface area contributed by atoms with Crippen molar-refractivity contribution in [3.63, 3.8) is 0 Å². The van der Waals surface area contributed by atoms with E-state index in [4.69, 9.17) is 4.74 Å². The summed E-state index contributed by atoms with van der Waals surface area (Å²) < 4.78 is 78.7. The Kier molecular flexibility index (Phi) is 13.6. The van der Waals surface area contributed by atoms with E-state index in [-0.39, 0.29) is 81.4 Å².